The molecule has 1 N–H and O–H groups in total. The minimum Gasteiger partial charge on any atom is -0.353 e. The molecule has 6 heteroatoms. The number of nitrogens with one attached hydrogen (secondary N) is 1. The van der Waals surface area contributed by atoms with Gasteiger partial charge in [-0.1, -0.05) is 18.2 Å². The van der Waals surface area contributed by atoms with E-state index in [1.807, 2.05) is 54.5 Å². The van der Waals surface area contributed by atoms with Gasteiger partial charge in [0, 0.05) is 42.3 Å². The molecule has 3 heterocycles. The first kappa shape index (κ1) is 15.7. The number of aromatic nitrogens is 3. The fraction of sp³-hybridized carbons (Fsp3) is 0.158. The van der Waals surface area contributed by atoms with Gasteiger partial charge in [-0.25, -0.2) is 4.98 Å². The Morgan fingerprint density at radius 1 is 1.20 bits per heavy atom. The second kappa shape index (κ2) is 6.22. The summed E-state index contributed by atoms with van der Waals surface area (Å²) in [6.07, 6.45) is 1.96. The quantitative estimate of drug-likeness (QED) is 0.612. The number of carbonyl (C=O) groups is 1. The number of fused-ring (bicyclic) bond motifs is 1. The average molecular weight is 350 g/mol. The predicted molar refractivity (Wildman–Crippen MR) is 101 cm³/mol. The van der Waals surface area contributed by atoms with Gasteiger partial charge in [-0.2, -0.15) is 0 Å². The number of carbonyl (C=O) groups excluding carboxylic acids is 1. The maximum atomic E-state index is 12.4. The Bertz CT molecular complexity index is 1060. The highest BCUT2D eigenvalue weighted by atomic mass is 32.1. The van der Waals surface area contributed by atoms with Gasteiger partial charge in [-0.05, 0) is 24.3 Å². The first-order chi connectivity index (χ1) is 12.1. The van der Waals surface area contributed by atoms with Gasteiger partial charge in [-0.3, -0.25) is 4.79 Å². The molecule has 0 fully saturated rings. The Labute approximate surface area is 149 Å². The van der Waals surface area contributed by atoms with E-state index in [1.54, 1.807) is 0 Å². The van der Waals surface area contributed by atoms with Gasteiger partial charge in [0.2, 0.25) is 0 Å². The summed E-state index contributed by atoms with van der Waals surface area (Å²) in [7, 11) is 3.98. The summed E-state index contributed by atoms with van der Waals surface area (Å²) in [6.45, 7) is 0.489. The first-order valence-electron chi connectivity index (χ1n) is 8.02. The zero-order valence-electron chi connectivity index (χ0n) is 14.1. The van der Waals surface area contributed by atoms with Crippen LogP contribution in [0.4, 0.5) is 0 Å². The highest BCUT2D eigenvalue weighted by molar-refractivity contribution is 7.13. The summed E-state index contributed by atoms with van der Waals surface area (Å²) in [5.41, 5.74) is 3.69. The van der Waals surface area contributed by atoms with Crippen LogP contribution < -0.4 is 5.32 Å². The number of amides is 1. The lowest BCUT2D eigenvalue weighted by Gasteiger charge is -2.04. The van der Waals surface area contributed by atoms with Crippen LogP contribution in [0.2, 0.25) is 0 Å². The topological polar surface area (TPSA) is 51.9 Å². The molecule has 0 radical (unpaired) electrons. The number of aryl methyl sites for hydroxylation is 2. The number of thiazole rings is 1. The van der Waals surface area contributed by atoms with Gasteiger partial charge in [-0.15, -0.1) is 11.3 Å². The Morgan fingerprint density at radius 3 is 2.80 bits per heavy atom. The zero-order valence-corrected chi connectivity index (χ0v) is 14.9. The molecule has 0 saturated carbocycles. The van der Waals surface area contributed by atoms with Crippen molar-refractivity contribution in [1.82, 2.24) is 19.4 Å². The number of hydrogen-bond acceptors (Lipinski definition) is 3. The molecule has 5 nitrogen and oxygen atoms in total. The number of para-hydroxylation sites is 1. The molecule has 0 spiro atoms. The van der Waals surface area contributed by atoms with Gasteiger partial charge >= 0.3 is 0 Å². The van der Waals surface area contributed by atoms with Crippen LogP contribution in [0.1, 0.15) is 16.2 Å². The molecule has 3 aromatic heterocycles. The largest absolute Gasteiger partial charge is 0.353 e. The van der Waals surface area contributed by atoms with E-state index < -0.39 is 0 Å². The summed E-state index contributed by atoms with van der Waals surface area (Å²) in [5, 5.41) is 6.76. The van der Waals surface area contributed by atoms with Crippen molar-refractivity contribution in [2.45, 2.75) is 6.54 Å². The molecule has 4 rings (SSSR count). The van der Waals surface area contributed by atoms with E-state index >= 15 is 0 Å². The van der Waals surface area contributed by atoms with Crippen molar-refractivity contribution in [1.29, 1.82) is 0 Å². The summed E-state index contributed by atoms with van der Waals surface area (Å²) >= 11 is 1.49. The van der Waals surface area contributed by atoms with Crippen molar-refractivity contribution in [3.05, 3.63) is 65.4 Å². The van der Waals surface area contributed by atoms with E-state index in [0.717, 1.165) is 21.9 Å². The van der Waals surface area contributed by atoms with E-state index in [0.29, 0.717) is 12.2 Å². The molecule has 0 unspecified atom stereocenters. The molecule has 4 aromatic rings. The maximum Gasteiger partial charge on any atom is 0.271 e. The maximum absolute atomic E-state index is 12.4. The van der Waals surface area contributed by atoms with Gasteiger partial charge in [0.05, 0.1) is 12.2 Å². The molecule has 0 aliphatic heterocycles. The average Bonchev–Trinajstić information content (AvgIpc) is 3.32. The van der Waals surface area contributed by atoms with Crippen LogP contribution in [0.5, 0.6) is 0 Å². The third-order valence-electron chi connectivity index (χ3n) is 4.39. The summed E-state index contributed by atoms with van der Waals surface area (Å²) < 4.78 is 4.10. The van der Waals surface area contributed by atoms with Crippen LogP contribution >= 0.6 is 11.3 Å². The first-order valence-corrected chi connectivity index (χ1v) is 8.90. The Hall–Kier alpha value is -2.86. The van der Waals surface area contributed by atoms with Crippen molar-refractivity contribution in [3.63, 3.8) is 0 Å². The van der Waals surface area contributed by atoms with Crippen molar-refractivity contribution in [2.75, 3.05) is 0 Å². The summed E-state index contributed by atoms with van der Waals surface area (Å²) in [6, 6.07) is 14.3. The minimum absolute atomic E-state index is 0.150. The SMILES string of the molecule is Cn1cccc1CNC(=O)c1csc(-c2cc3ccccc3n2C)n1. The molecule has 0 bridgehead atoms. The molecule has 0 aliphatic rings. The van der Waals surface area contributed by atoms with Gasteiger partial charge in [0.15, 0.2) is 0 Å². The van der Waals surface area contributed by atoms with Crippen molar-refractivity contribution in [2.24, 2.45) is 14.1 Å². The third-order valence-corrected chi connectivity index (χ3v) is 5.25. The number of rotatable bonds is 4. The lowest BCUT2D eigenvalue weighted by atomic mass is 10.2. The minimum atomic E-state index is -0.150. The lowest BCUT2D eigenvalue weighted by Crippen LogP contribution is -2.24. The molecule has 0 atom stereocenters. The van der Waals surface area contributed by atoms with Crippen LogP contribution in [0.15, 0.2) is 54.0 Å². The smallest absolute Gasteiger partial charge is 0.271 e. The van der Waals surface area contributed by atoms with Crippen LogP contribution in [-0.2, 0) is 20.6 Å². The van der Waals surface area contributed by atoms with Gasteiger partial charge in [0.25, 0.3) is 5.91 Å². The van der Waals surface area contributed by atoms with Crippen LogP contribution in [0.25, 0.3) is 21.6 Å². The second-order valence-corrected chi connectivity index (χ2v) is 6.84. The molecule has 1 aromatic carbocycles. The molecule has 0 aliphatic carbocycles. The van der Waals surface area contributed by atoms with E-state index in [2.05, 4.69) is 33.1 Å². The molecular formula is C19H18N4OS. The fourth-order valence-corrected chi connectivity index (χ4v) is 3.78. The fourth-order valence-electron chi connectivity index (χ4n) is 2.93. The molecule has 25 heavy (non-hydrogen) atoms. The highest BCUT2D eigenvalue weighted by Crippen LogP contribution is 2.29. The summed E-state index contributed by atoms with van der Waals surface area (Å²) in [4.78, 5) is 16.9. The monoisotopic (exact) mass is 350 g/mol. The van der Waals surface area contributed by atoms with Crippen LogP contribution in [-0.4, -0.2) is 20.0 Å². The standard InChI is InChI=1S/C19H18N4OS/c1-22-9-5-7-14(22)11-20-18(24)15-12-25-19(21-15)17-10-13-6-3-4-8-16(13)23(17)2/h3-10,12H,11H2,1-2H3,(H,20,24). The van der Waals surface area contributed by atoms with E-state index in [1.165, 1.54) is 16.7 Å². The Morgan fingerprint density at radius 2 is 2.04 bits per heavy atom. The van der Waals surface area contributed by atoms with Crippen molar-refractivity contribution >= 4 is 28.1 Å². The van der Waals surface area contributed by atoms with Crippen molar-refractivity contribution in [3.8, 4) is 10.7 Å². The molecule has 0 saturated heterocycles. The number of hydrogen-bond donors (Lipinski definition) is 1. The summed E-state index contributed by atoms with van der Waals surface area (Å²) in [5.74, 6) is -0.150. The Balaban J connectivity index is 1.56. The zero-order chi connectivity index (χ0) is 17.4. The Kier molecular flexibility index (Phi) is 3.89. The van der Waals surface area contributed by atoms with Crippen LogP contribution in [0, 0.1) is 0 Å². The highest BCUT2D eigenvalue weighted by Gasteiger charge is 2.15. The lowest BCUT2D eigenvalue weighted by molar-refractivity contribution is 0.0946. The van der Waals surface area contributed by atoms with E-state index in [9.17, 15) is 4.79 Å². The van der Waals surface area contributed by atoms with Gasteiger partial charge < -0.3 is 14.5 Å². The molecule has 126 valence electrons. The normalized spacial score (nSPS) is 11.1. The van der Waals surface area contributed by atoms with E-state index in [-0.39, 0.29) is 5.91 Å². The number of benzene rings is 1. The predicted octanol–water partition coefficient (Wildman–Crippen LogP) is 3.57. The van der Waals surface area contributed by atoms with Crippen LogP contribution in [0.3, 0.4) is 0 Å². The molecule has 1 amide bonds. The second-order valence-electron chi connectivity index (χ2n) is 5.98. The third kappa shape index (κ3) is 2.85. The van der Waals surface area contributed by atoms with Gasteiger partial charge in [0.1, 0.15) is 10.7 Å². The number of nitrogens with zero attached hydrogens (tertiary/aromatic N) is 3. The molecular weight excluding hydrogens is 332 g/mol. The van der Waals surface area contributed by atoms with Crippen molar-refractivity contribution < 1.29 is 4.79 Å². The van der Waals surface area contributed by atoms with E-state index in [4.69, 9.17) is 0 Å².